The number of carboxylic acids is 1. The number of aryl methyl sites for hydroxylation is 1. The van der Waals surface area contributed by atoms with E-state index in [1.807, 2.05) is 0 Å². The van der Waals surface area contributed by atoms with Crippen LogP contribution in [0.4, 0.5) is 18.9 Å². The van der Waals surface area contributed by atoms with Gasteiger partial charge in [0.1, 0.15) is 11.4 Å². The topological polar surface area (TPSA) is 123 Å². The molecule has 3 heterocycles. The first-order valence-corrected chi connectivity index (χ1v) is 9.32. The maximum absolute atomic E-state index is 13.1. The minimum atomic E-state index is -4.68. The quantitative estimate of drug-likeness (QED) is 0.423. The highest BCUT2D eigenvalue weighted by atomic mass is 32.2. The molecule has 9 nitrogen and oxygen atoms in total. The number of nitrogens with one attached hydrogen (secondary N) is 1. The first-order chi connectivity index (χ1) is 14.1. The highest BCUT2D eigenvalue weighted by molar-refractivity contribution is 7.99. The first-order valence-electron chi connectivity index (χ1n) is 8.33. The van der Waals surface area contributed by atoms with Crippen molar-refractivity contribution in [2.45, 2.75) is 17.8 Å². The zero-order valence-electron chi connectivity index (χ0n) is 15.3. The Hall–Kier alpha value is -3.35. The first kappa shape index (κ1) is 21.4. The van der Waals surface area contributed by atoms with E-state index in [9.17, 15) is 22.8 Å². The number of carbonyl (C=O) groups is 2. The van der Waals surface area contributed by atoms with Gasteiger partial charge in [-0.05, 0) is 18.2 Å². The number of hydrogen-bond donors (Lipinski definition) is 2. The fourth-order valence-electron chi connectivity index (χ4n) is 2.37. The van der Waals surface area contributed by atoms with Crippen LogP contribution in [0.15, 0.2) is 40.2 Å². The van der Waals surface area contributed by atoms with E-state index in [2.05, 4.69) is 20.4 Å². The second kappa shape index (κ2) is 8.57. The summed E-state index contributed by atoms with van der Waals surface area (Å²) in [5, 5.41) is 15.0. The third-order valence-electron chi connectivity index (χ3n) is 3.64. The molecule has 13 heteroatoms. The average molecular weight is 441 g/mol. The largest absolute Gasteiger partial charge is 0.476 e. The summed E-state index contributed by atoms with van der Waals surface area (Å²) in [6.07, 6.45) is -2.15. The molecule has 0 bridgehead atoms. The van der Waals surface area contributed by atoms with Gasteiger partial charge in [-0.25, -0.2) is 14.8 Å². The summed E-state index contributed by atoms with van der Waals surface area (Å²) >= 11 is 0.855. The minimum Gasteiger partial charge on any atom is -0.476 e. The summed E-state index contributed by atoms with van der Waals surface area (Å²) in [4.78, 5) is 30.7. The molecule has 0 saturated heterocycles. The SMILES string of the molecule is Cn1cc(NC(=O)CCSc2nc(-c3ccco3)cc(C(F)(F)F)n2)c(C(=O)O)n1. The lowest BCUT2D eigenvalue weighted by molar-refractivity contribution is -0.141. The number of hydrogen-bond acceptors (Lipinski definition) is 7. The van der Waals surface area contributed by atoms with Crippen LogP contribution >= 0.6 is 11.8 Å². The van der Waals surface area contributed by atoms with Crippen LogP contribution in [0.1, 0.15) is 22.6 Å². The number of alkyl halides is 3. The zero-order chi connectivity index (χ0) is 21.9. The number of anilines is 1. The number of rotatable bonds is 7. The third kappa shape index (κ3) is 5.17. The molecule has 3 rings (SSSR count). The maximum Gasteiger partial charge on any atom is 0.433 e. The molecule has 0 saturated carbocycles. The van der Waals surface area contributed by atoms with Crippen molar-refractivity contribution in [3.63, 3.8) is 0 Å². The Morgan fingerprint density at radius 1 is 1.33 bits per heavy atom. The predicted molar refractivity (Wildman–Crippen MR) is 98.9 cm³/mol. The Labute approximate surface area is 171 Å². The van der Waals surface area contributed by atoms with Crippen LogP contribution in [0.3, 0.4) is 0 Å². The van der Waals surface area contributed by atoms with E-state index >= 15 is 0 Å². The van der Waals surface area contributed by atoms with Gasteiger partial charge in [0.2, 0.25) is 5.91 Å². The van der Waals surface area contributed by atoms with E-state index in [0.29, 0.717) is 0 Å². The number of halogens is 3. The number of aromatic carboxylic acids is 1. The van der Waals surface area contributed by atoms with Gasteiger partial charge < -0.3 is 14.8 Å². The van der Waals surface area contributed by atoms with E-state index in [-0.39, 0.29) is 40.2 Å². The van der Waals surface area contributed by atoms with Crippen molar-refractivity contribution in [1.82, 2.24) is 19.7 Å². The summed E-state index contributed by atoms with van der Waals surface area (Å²) in [5.74, 6) is -1.62. The van der Waals surface area contributed by atoms with Crippen molar-refractivity contribution in [3.05, 3.63) is 42.0 Å². The highest BCUT2D eigenvalue weighted by Crippen LogP contribution is 2.32. The number of furan rings is 1. The van der Waals surface area contributed by atoms with E-state index in [1.165, 1.54) is 36.3 Å². The number of amides is 1. The molecule has 0 fully saturated rings. The molecule has 0 aromatic carbocycles. The van der Waals surface area contributed by atoms with Gasteiger partial charge in [-0.15, -0.1) is 0 Å². The fourth-order valence-corrected chi connectivity index (χ4v) is 3.17. The lowest BCUT2D eigenvalue weighted by Crippen LogP contribution is -2.14. The smallest absolute Gasteiger partial charge is 0.433 e. The number of thioether (sulfide) groups is 1. The lowest BCUT2D eigenvalue weighted by Gasteiger charge is -2.09. The van der Waals surface area contributed by atoms with Gasteiger partial charge in [-0.2, -0.15) is 18.3 Å². The van der Waals surface area contributed by atoms with Crippen molar-refractivity contribution in [1.29, 1.82) is 0 Å². The Kier molecular flexibility index (Phi) is 6.10. The second-order valence-electron chi connectivity index (χ2n) is 5.91. The van der Waals surface area contributed by atoms with E-state index in [4.69, 9.17) is 9.52 Å². The molecule has 0 unspecified atom stereocenters. The molecule has 3 aromatic heterocycles. The van der Waals surface area contributed by atoms with Crippen LogP contribution in [0.2, 0.25) is 0 Å². The molecule has 0 aliphatic heterocycles. The van der Waals surface area contributed by atoms with Crippen LogP contribution in [-0.2, 0) is 18.0 Å². The summed E-state index contributed by atoms with van der Waals surface area (Å²) in [6, 6.07) is 3.77. The van der Waals surface area contributed by atoms with Crippen molar-refractivity contribution in [2.24, 2.45) is 7.05 Å². The molecule has 2 N–H and O–H groups in total. The monoisotopic (exact) mass is 441 g/mol. The number of carbonyl (C=O) groups excluding carboxylic acids is 1. The highest BCUT2D eigenvalue weighted by Gasteiger charge is 2.34. The van der Waals surface area contributed by atoms with E-state index in [0.717, 1.165) is 17.8 Å². The molecule has 3 aromatic rings. The normalized spacial score (nSPS) is 11.5. The summed E-state index contributed by atoms with van der Waals surface area (Å²) in [5.41, 5.74) is -1.45. The van der Waals surface area contributed by atoms with E-state index in [1.54, 1.807) is 0 Å². The molecule has 0 atom stereocenters. The Balaban J connectivity index is 1.68. The molecule has 30 heavy (non-hydrogen) atoms. The van der Waals surface area contributed by atoms with E-state index < -0.39 is 23.7 Å². The van der Waals surface area contributed by atoms with Gasteiger partial charge in [-0.1, -0.05) is 11.8 Å². The Morgan fingerprint density at radius 2 is 2.10 bits per heavy atom. The summed E-state index contributed by atoms with van der Waals surface area (Å²) in [6.45, 7) is 0. The predicted octanol–water partition coefficient (Wildman–Crippen LogP) is 3.31. The maximum atomic E-state index is 13.1. The summed E-state index contributed by atoms with van der Waals surface area (Å²) < 4.78 is 45.7. The number of nitrogens with zero attached hydrogens (tertiary/aromatic N) is 4. The Bertz CT molecular complexity index is 1070. The minimum absolute atomic E-state index is 0.0235. The zero-order valence-corrected chi connectivity index (χ0v) is 16.1. The van der Waals surface area contributed by atoms with Gasteiger partial charge in [0.25, 0.3) is 0 Å². The Morgan fingerprint density at radius 3 is 2.73 bits per heavy atom. The molecular weight excluding hydrogens is 427 g/mol. The molecule has 0 aliphatic rings. The van der Waals surface area contributed by atoms with Gasteiger partial charge in [0, 0.05) is 25.4 Å². The van der Waals surface area contributed by atoms with Crippen LogP contribution in [0.25, 0.3) is 11.5 Å². The van der Waals surface area contributed by atoms with Crippen molar-refractivity contribution in [2.75, 3.05) is 11.1 Å². The fraction of sp³-hybridized carbons (Fsp3) is 0.235. The van der Waals surface area contributed by atoms with Gasteiger partial charge in [-0.3, -0.25) is 9.48 Å². The van der Waals surface area contributed by atoms with Gasteiger partial charge in [0.05, 0.1) is 12.0 Å². The average Bonchev–Trinajstić information content (AvgIpc) is 3.30. The molecule has 1 amide bonds. The number of aromatic nitrogens is 4. The van der Waals surface area contributed by atoms with Crippen LogP contribution in [0, 0.1) is 0 Å². The molecule has 0 radical (unpaired) electrons. The third-order valence-corrected chi connectivity index (χ3v) is 4.48. The lowest BCUT2D eigenvalue weighted by atomic mass is 10.2. The molecule has 0 spiro atoms. The molecule has 0 aliphatic carbocycles. The van der Waals surface area contributed by atoms with Crippen LogP contribution < -0.4 is 5.32 Å². The molecule has 158 valence electrons. The van der Waals surface area contributed by atoms with Crippen LogP contribution in [0.5, 0.6) is 0 Å². The van der Waals surface area contributed by atoms with Crippen LogP contribution in [-0.4, -0.2) is 42.5 Å². The van der Waals surface area contributed by atoms with Gasteiger partial charge >= 0.3 is 12.1 Å². The van der Waals surface area contributed by atoms with Gasteiger partial charge in [0.15, 0.2) is 16.6 Å². The van der Waals surface area contributed by atoms with Crippen molar-refractivity contribution in [3.8, 4) is 11.5 Å². The molecular formula is C17H14F3N5O4S. The second-order valence-corrected chi connectivity index (χ2v) is 6.97. The standard InChI is InChI=1S/C17H14F3N5O4S/c1-25-8-10(14(24-25)15(27)28)21-13(26)4-6-30-16-22-9(11-3-2-5-29-11)7-12(23-16)17(18,19)20/h2-3,5,7-8H,4,6H2,1H3,(H,21,26)(H,27,28). The van der Waals surface area contributed by atoms with Crippen molar-refractivity contribution < 1.29 is 32.3 Å². The van der Waals surface area contributed by atoms with Crippen molar-refractivity contribution >= 4 is 29.3 Å². The number of carboxylic acid groups (broad SMARTS) is 1. The summed E-state index contributed by atoms with van der Waals surface area (Å²) in [7, 11) is 1.50.